The van der Waals surface area contributed by atoms with E-state index in [0.29, 0.717) is 6.42 Å². The zero-order valence-electron chi connectivity index (χ0n) is 11.4. The van der Waals surface area contributed by atoms with Crippen LogP contribution in [0.2, 0.25) is 0 Å². The van der Waals surface area contributed by atoms with E-state index in [9.17, 15) is 25.3 Å². The van der Waals surface area contributed by atoms with Gasteiger partial charge in [0.15, 0.2) is 6.54 Å². The minimum absolute atomic E-state index is 0.0537. The third-order valence-electron chi connectivity index (χ3n) is 4.69. The van der Waals surface area contributed by atoms with E-state index in [1.807, 2.05) is 6.92 Å². The number of likely N-dealkylation sites (tertiary alicyclic amines) is 1. The zero-order valence-corrected chi connectivity index (χ0v) is 11.4. The van der Waals surface area contributed by atoms with Crippen molar-refractivity contribution in [1.29, 1.82) is 0 Å². The summed E-state index contributed by atoms with van der Waals surface area (Å²) in [5.74, 6) is 0. The summed E-state index contributed by atoms with van der Waals surface area (Å²) < 4.78 is 0. The lowest BCUT2D eigenvalue weighted by Crippen LogP contribution is -3.21. The largest absolute Gasteiger partial charge is 0.390 e. The molecule has 4 atom stereocenters. The Morgan fingerprint density at radius 3 is 2.55 bits per heavy atom. The number of quaternary nitrogens is 1. The average Bonchev–Trinajstić information content (AvgIpc) is 2.39. The van der Waals surface area contributed by atoms with Gasteiger partial charge >= 0.3 is 0 Å². The monoisotopic (exact) mass is 286 g/mol. The molecule has 1 unspecified atom stereocenters. The number of aliphatic hydroxyl groups is 1. The average molecular weight is 286 g/mol. The van der Waals surface area contributed by atoms with Gasteiger partial charge in [-0.25, -0.2) is 0 Å². The molecule has 0 radical (unpaired) electrons. The van der Waals surface area contributed by atoms with Crippen molar-refractivity contribution in [1.82, 2.24) is 0 Å². The van der Waals surface area contributed by atoms with Crippen molar-refractivity contribution in [3.8, 4) is 0 Å². The van der Waals surface area contributed by atoms with Crippen LogP contribution in [0.25, 0.3) is 0 Å². The van der Waals surface area contributed by atoms with Crippen LogP contribution in [-0.4, -0.2) is 51.8 Å². The predicted molar refractivity (Wildman–Crippen MR) is 69.7 cm³/mol. The summed E-state index contributed by atoms with van der Waals surface area (Å²) in [4.78, 5) is 22.9. The Balaban J connectivity index is 2.41. The normalized spacial score (nSPS) is 37.4. The molecular formula is C12H20N3O5+. The number of hydrogen-bond donors (Lipinski definition) is 2. The number of rotatable bonds is 5. The van der Waals surface area contributed by atoms with E-state index in [2.05, 4.69) is 0 Å². The van der Waals surface area contributed by atoms with Crippen LogP contribution in [0.1, 0.15) is 26.2 Å². The summed E-state index contributed by atoms with van der Waals surface area (Å²) in [7, 11) is 0. The van der Waals surface area contributed by atoms with E-state index >= 15 is 0 Å². The van der Waals surface area contributed by atoms with Crippen molar-refractivity contribution < 1.29 is 19.9 Å². The van der Waals surface area contributed by atoms with Crippen LogP contribution in [0.5, 0.6) is 0 Å². The molecule has 2 rings (SSSR count). The Morgan fingerprint density at radius 1 is 1.35 bits per heavy atom. The molecule has 0 aromatic rings. The molecule has 2 aliphatic rings. The second kappa shape index (κ2) is 5.10. The van der Waals surface area contributed by atoms with Gasteiger partial charge in [0, 0.05) is 16.3 Å². The van der Waals surface area contributed by atoms with Crippen molar-refractivity contribution in [3.63, 3.8) is 0 Å². The van der Waals surface area contributed by atoms with E-state index in [1.165, 1.54) is 6.08 Å². The molecule has 1 saturated heterocycles. The third kappa shape index (κ3) is 2.18. The number of nitro groups is 2. The van der Waals surface area contributed by atoms with Gasteiger partial charge in [-0.05, 0) is 12.5 Å². The lowest BCUT2D eigenvalue weighted by molar-refractivity contribution is -0.964. The smallest absolute Gasteiger partial charge is 0.294 e. The summed E-state index contributed by atoms with van der Waals surface area (Å²) in [6.45, 7) is 2.20. The first-order valence-corrected chi connectivity index (χ1v) is 6.81. The minimum Gasteiger partial charge on any atom is -0.390 e. The van der Waals surface area contributed by atoms with E-state index in [0.717, 1.165) is 4.90 Å². The number of nitrogens with one attached hydrogen (secondary N) is 1. The first-order chi connectivity index (χ1) is 9.39. The Labute approximate surface area is 116 Å². The highest BCUT2D eigenvalue weighted by Gasteiger charge is 2.65. The Kier molecular flexibility index (Phi) is 3.79. The fourth-order valence-electron chi connectivity index (χ4n) is 3.56. The molecule has 1 heterocycles. The van der Waals surface area contributed by atoms with Gasteiger partial charge in [-0.3, -0.25) is 20.2 Å². The molecule has 8 heteroatoms. The first kappa shape index (κ1) is 14.9. The SMILES string of the molecule is CC[C@H](CO)[NH+]1C[C@@]2([N+](=O)[O-])C=CC[C@@]([N+](=O)[O-])(C1)C2. The van der Waals surface area contributed by atoms with Crippen LogP contribution >= 0.6 is 0 Å². The number of piperidine rings is 1. The van der Waals surface area contributed by atoms with E-state index in [1.54, 1.807) is 6.08 Å². The van der Waals surface area contributed by atoms with Gasteiger partial charge in [-0.1, -0.05) is 13.0 Å². The minimum atomic E-state index is -1.37. The highest BCUT2D eigenvalue weighted by atomic mass is 16.6. The molecule has 0 aromatic heterocycles. The van der Waals surface area contributed by atoms with Gasteiger partial charge in [0.05, 0.1) is 6.61 Å². The van der Waals surface area contributed by atoms with Crippen molar-refractivity contribution in [2.75, 3.05) is 19.7 Å². The maximum Gasteiger partial charge on any atom is 0.294 e. The summed E-state index contributed by atoms with van der Waals surface area (Å²) in [5, 5.41) is 32.3. The van der Waals surface area contributed by atoms with Gasteiger partial charge in [0.25, 0.3) is 11.1 Å². The molecule has 0 aromatic carbocycles. The number of hydrogen-bond acceptors (Lipinski definition) is 5. The summed E-state index contributed by atoms with van der Waals surface area (Å²) in [6, 6.07) is -0.194. The van der Waals surface area contributed by atoms with Crippen LogP contribution in [0, 0.1) is 20.2 Å². The van der Waals surface area contributed by atoms with Gasteiger partial charge < -0.3 is 10.0 Å². The van der Waals surface area contributed by atoms with Crippen molar-refractivity contribution >= 4 is 0 Å². The second-order valence-corrected chi connectivity index (χ2v) is 5.92. The van der Waals surface area contributed by atoms with E-state index in [4.69, 9.17) is 0 Å². The molecule has 2 bridgehead atoms. The molecule has 8 nitrogen and oxygen atoms in total. The Morgan fingerprint density at radius 2 is 2.05 bits per heavy atom. The topological polar surface area (TPSA) is 111 Å². The first-order valence-electron chi connectivity index (χ1n) is 6.81. The molecule has 1 aliphatic carbocycles. The predicted octanol–water partition coefficient (Wildman–Crippen LogP) is -0.963. The molecule has 1 fully saturated rings. The van der Waals surface area contributed by atoms with Crippen LogP contribution in [0.3, 0.4) is 0 Å². The molecule has 0 amide bonds. The molecule has 20 heavy (non-hydrogen) atoms. The van der Waals surface area contributed by atoms with Gasteiger partial charge in [-0.2, -0.15) is 0 Å². The fourth-order valence-corrected chi connectivity index (χ4v) is 3.56. The highest BCUT2D eigenvalue weighted by Crippen LogP contribution is 2.36. The standard InChI is InChI=1S/C12H19N3O5/c1-2-10(6-16)13-8-11(14(17)18)4-3-5-12(7-11,9-13)15(19)20/h3-4,10,16H,2,5-9H2,1H3/p+1/t10-,11-,12+/m1/s1. The van der Waals surface area contributed by atoms with Gasteiger partial charge in [0.1, 0.15) is 19.0 Å². The lowest BCUT2D eigenvalue weighted by atomic mass is 9.71. The van der Waals surface area contributed by atoms with Crippen LogP contribution in [0.15, 0.2) is 12.2 Å². The van der Waals surface area contributed by atoms with Crippen molar-refractivity contribution in [2.45, 2.75) is 43.3 Å². The second-order valence-electron chi connectivity index (χ2n) is 5.92. The number of fused-ring (bicyclic) bond motifs is 2. The van der Waals surface area contributed by atoms with Gasteiger partial charge in [0.2, 0.25) is 0 Å². The third-order valence-corrected chi connectivity index (χ3v) is 4.69. The summed E-state index contributed by atoms with van der Waals surface area (Å²) >= 11 is 0. The molecule has 0 saturated carbocycles. The quantitative estimate of drug-likeness (QED) is 0.384. The van der Waals surface area contributed by atoms with Crippen molar-refractivity contribution in [2.24, 2.45) is 0 Å². The van der Waals surface area contributed by atoms with E-state index < -0.39 is 16.0 Å². The molecule has 2 N–H and O–H groups in total. The Bertz CT molecular complexity index is 450. The van der Waals surface area contributed by atoms with Crippen LogP contribution in [-0.2, 0) is 0 Å². The molecular weight excluding hydrogens is 266 g/mol. The number of aliphatic hydroxyl groups excluding tert-OH is 1. The van der Waals surface area contributed by atoms with Gasteiger partial charge in [-0.15, -0.1) is 0 Å². The number of nitrogens with zero attached hydrogens (tertiary/aromatic N) is 2. The fraction of sp³-hybridized carbons (Fsp3) is 0.833. The van der Waals surface area contributed by atoms with Crippen molar-refractivity contribution in [3.05, 3.63) is 32.4 Å². The molecule has 1 aliphatic heterocycles. The summed E-state index contributed by atoms with van der Waals surface area (Å²) in [6.07, 6.45) is 3.89. The zero-order chi connectivity index (χ0) is 15.0. The molecule has 0 spiro atoms. The maximum atomic E-state index is 11.5. The van der Waals surface area contributed by atoms with Crippen LogP contribution in [0.4, 0.5) is 0 Å². The van der Waals surface area contributed by atoms with E-state index in [-0.39, 0.29) is 43.5 Å². The Hall–Kier alpha value is -1.54. The lowest BCUT2D eigenvalue weighted by Gasteiger charge is -2.43. The maximum absolute atomic E-state index is 11.5. The highest BCUT2D eigenvalue weighted by molar-refractivity contribution is 5.14. The molecule has 112 valence electrons. The summed E-state index contributed by atoms with van der Waals surface area (Å²) in [5.41, 5.74) is -2.65. The van der Waals surface area contributed by atoms with Crippen LogP contribution < -0.4 is 4.90 Å².